The van der Waals surface area contributed by atoms with Gasteiger partial charge in [0.15, 0.2) is 0 Å². The number of hydrogen-bond donors (Lipinski definition) is 1. The van der Waals surface area contributed by atoms with Gasteiger partial charge in [0.25, 0.3) is 5.91 Å². The van der Waals surface area contributed by atoms with Crippen LogP contribution in [0.25, 0.3) is 0 Å². The monoisotopic (exact) mass is 546 g/mol. The van der Waals surface area contributed by atoms with Crippen molar-refractivity contribution in [1.29, 1.82) is 0 Å². The van der Waals surface area contributed by atoms with Gasteiger partial charge in [0.2, 0.25) is 11.8 Å². The van der Waals surface area contributed by atoms with Gasteiger partial charge in [-0.15, -0.1) is 0 Å². The minimum Gasteiger partial charge on any atom is -0.489 e. The Kier molecular flexibility index (Phi) is 9.38. The van der Waals surface area contributed by atoms with Gasteiger partial charge in [0.05, 0.1) is 12.7 Å². The Labute approximate surface area is 235 Å². The van der Waals surface area contributed by atoms with Crippen molar-refractivity contribution < 1.29 is 19.1 Å². The molecule has 0 radical (unpaired) electrons. The molecule has 2 aromatic rings. The molecule has 0 aliphatic carbocycles. The van der Waals surface area contributed by atoms with Crippen LogP contribution in [0.2, 0.25) is 0 Å². The molecule has 40 heavy (non-hydrogen) atoms. The summed E-state index contributed by atoms with van der Waals surface area (Å²) in [4.78, 5) is 53.7. The molecule has 3 aliphatic rings. The lowest BCUT2D eigenvalue weighted by molar-refractivity contribution is -0.134. The van der Waals surface area contributed by atoms with Crippen LogP contribution in [0.15, 0.2) is 55.0 Å². The Morgan fingerprint density at radius 3 is 2.75 bits per heavy atom. The van der Waals surface area contributed by atoms with Crippen molar-refractivity contribution in [3.8, 4) is 5.75 Å². The van der Waals surface area contributed by atoms with Gasteiger partial charge in [-0.2, -0.15) is 0 Å². The van der Waals surface area contributed by atoms with Crippen LogP contribution in [-0.4, -0.2) is 94.8 Å². The van der Waals surface area contributed by atoms with Crippen molar-refractivity contribution in [2.45, 2.75) is 32.2 Å². The molecule has 10 nitrogen and oxygen atoms in total. The first kappa shape index (κ1) is 27.8. The largest absolute Gasteiger partial charge is 0.489 e. The third-order valence-corrected chi connectivity index (χ3v) is 8.00. The van der Waals surface area contributed by atoms with Gasteiger partial charge in [-0.25, -0.2) is 4.98 Å². The number of benzene rings is 1. The van der Waals surface area contributed by atoms with E-state index in [0.717, 1.165) is 31.6 Å². The van der Waals surface area contributed by atoms with Crippen LogP contribution in [0.1, 0.15) is 41.7 Å². The number of aromatic nitrogens is 2. The summed E-state index contributed by atoms with van der Waals surface area (Å²) in [5.41, 5.74) is 0.994. The number of hydrogen-bond acceptors (Lipinski definition) is 7. The average molecular weight is 547 g/mol. The summed E-state index contributed by atoms with van der Waals surface area (Å²) in [5.74, 6) is 0.384. The van der Waals surface area contributed by atoms with Crippen molar-refractivity contribution in [3.05, 3.63) is 66.3 Å². The van der Waals surface area contributed by atoms with Crippen molar-refractivity contribution in [2.75, 3.05) is 52.4 Å². The molecule has 3 amide bonds. The van der Waals surface area contributed by atoms with Gasteiger partial charge >= 0.3 is 0 Å². The zero-order valence-electron chi connectivity index (χ0n) is 22.9. The van der Waals surface area contributed by atoms with E-state index < -0.39 is 0 Å². The molecule has 2 saturated heterocycles. The van der Waals surface area contributed by atoms with Crippen LogP contribution in [0.5, 0.6) is 5.75 Å². The fourth-order valence-corrected chi connectivity index (χ4v) is 5.78. The Morgan fingerprint density at radius 1 is 1.07 bits per heavy atom. The first-order valence-corrected chi connectivity index (χ1v) is 14.3. The van der Waals surface area contributed by atoms with Crippen molar-refractivity contribution in [3.63, 3.8) is 0 Å². The first-order chi connectivity index (χ1) is 19.6. The Hall–Kier alpha value is -3.79. The van der Waals surface area contributed by atoms with E-state index >= 15 is 0 Å². The number of para-hydroxylation sites is 1. The maximum absolute atomic E-state index is 13.5. The normalized spacial score (nSPS) is 22.8. The number of piperidine rings is 1. The second-order valence-electron chi connectivity index (χ2n) is 10.8. The maximum atomic E-state index is 13.5. The highest BCUT2D eigenvalue weighted by atomic mass is 16.5. The van der Waals surface area contributed by atoms with E-state index in [-0.39, 0.29) is 48.3 Å². The van der Waals surface area contributed by atoms with Crippen LogP contribution in [0.4, 0.5) is 0 Å². The highest BCUT2D eigenvalue weighted by molar-refractivity contribution is 5.94. The maximum Gasteiger partial charge on any atom is 0.274 e. The molecular weight excluding hydrogens is 508 g/mol. The Morgan fingerprint density at radius 2 is 1.93 bits per heavy atom. The predicted octanol–water partition coefficient (Wildman–Crippen LogP) is 2.13. The van der Waals surface area contributed by atoms with Crippen LogP contribution in [-0.2, 0) is 16.1 Å². The summed E-state index contributed by atoms with van der Waals surface area (Å²) in [6, 6.07) is 7.54. The summed E-state index contributed by atoms with van der Waals surface area (Å²) in [6.45, 7) is 5.32. The van der Waals surface area contributed by atoms with Crippen molar-refractivity contribution in [1.82, 2.24) is 30.0 Å². The number of nitrogens with one attached hydrogen (secondary N) is 1. The summed E-state index contributed by atoms with van der Waals surface area (Å²) in [6.07, 6.45) is 12.1. The highest BCUT2D eigenvalue weighted by Gasteiger charge is 2.33. The SMILES string of the molecule is O=C(C[C@@H]1CCN2C[C@@H]1/C=C\COc1ccccc1CN(C(=O)c1cnccn1)CC2=O)NCCN1CCCC1. The molecule has 0 saturated carbocycles. The molecule has 5 rings (SSSR count). The van der Waals surface area contributed by atoms with Gasteiger partial charge in [-0.05, 0) is 50.3 Å². The minimum absolute atomic E-state index is 0.0192. The minimum atomic E-state index is -0.360. The number of rotatable bonds is 6. The van der Waals surface area contributed by atoms with E-state index in [4.69, 9.17) is 4.74 Å². The van der Waals surface area contributed by atoms with Crippen LogP contribution < -0.4 is 10.1 Å². The van der Waals surface area contributed by atoms with Crippen LogP contribution in [0.3, 0.4) is 0 Å². The zero-order chi connectivity index (χ0) is 27.7. The summed E-state index contributed by atoms with van der Waals surface area (Å²) >= 11 is 0. The van der Waals surface area contributed by atoms with Gasteiger partial charge in [0.1, 0.15) is 24.6 Å². The van der Waals surface area contributed by atoms with E-state index in [0.29, 0.717) is 38.4 Å². The molecule has 0 unspecified atom stereocenters. The molecule has 2 atom stereocenters. The zero-order valence-corrected chi connectivity index (χ0v) is 22.9. The Bertz CT molecular complexity index is 1200. The number of fused-ring (bicyclic) bond motifs is 3. The van der Waals surface area contributed by atoms with E-state index in [2.05, 4.69) is 26.3 Å². The van der Waals surface area contributed by atoms with Gasteiger partial charge in [0, 0.05) is 50.6 Å². The van der Waals surface area contributed by atoms with E-state index in [1.54, 1.807) is 0 Å². The lowest BCUT2D eigenvalue weighted by atomic mass is 9.82. The van der Waals surface area contributed by atoms with E-state index in [9.17, 15) is 14.4 Å². The number of carbonyl (C=O) groups is 3. The standard InChI is InChI=1S/C30H38N6O4/c37-28(33-12-16-34-13-3-4-14-34)18-23-9-15-35-20-24(23)7-5-17-40-27-8-2-1-6-25(27)21-36(22-29(35)38)30(39)26-19-31-10-11-32-26/h1-2,5-8,10-11,19,23-24H,3-4,9,12-18,20-22H2,(H,33,37)/b7-5-/t23-,24-/m0/s1. The van der Waals surface area contributed by atoms with Gasteiger partial charge in [-0.1, -0.05) is 30.4 Å². The molecular formula is C30H38N6O4. The van der Waals surface area contributed by atoms with E-state index in [1.165, 1.54) is 36.3 Å². The topological polar surface area (TPSA) is 108 Å². The fourth-order valence-electron chi connectivity index (χ4n) is 5.78. The second kappa shape index (κ2) is 13.5. The number of amides is 3. The second-order valence-corrected chi connectivity index (χ2v) is 10.8. The molecule has 2 fully saturated rings. The number of likely N-dealkylation sites (tertiary alicyclic amines) is 1. The van der Waals surface area contributed by atoms with Crippen molar-refractivity contribution >= 4 is 17.7 Å². The molecule has 4 heterocycles. The van der Waals surface area contributed by atoms with Crippen LogP contribution in [0, 0.1) is 11.8 Å². The first-order valence-electron chi connectivity index (χ1n) is 14.3. The summed E-state index contributed by atoms with van der Waals surface area (Å²) in [5, 5.41) is 3.10. The molecule has 10 heteroatoms. The number of carbonyl (C=O) groups excluding carboxylic acids is 3. The average Bonchev–Trinajstić information content (AvgIpc) is 3.49. The quantitative estimate of drug-likeness (QED) is 0.553. The summed E-state index contributed by atoms with van der Waals surface area (Å²) < 4.78 is 6.08. The molecule has 3 aliphatic heterocycles. The van der Waals surface area contributed by atoms with Gasteiger partial charge in [-0.3, -0.25) is 19.4 Å². The van der Waals surface area contributed by atoms with Gasteiger partial charge < -0.3 is 24.8 Å². The third-order valence-electron chi connectivity index (χ3n) is 8.00. The Balaban J connectivity index is 1.29. The smallest absolute Gasteiger partial charge is 0.274 e. The lowest BCUT2D eigenvalue weighted by Gasteiger charge is -2.38. The number of ether oxygens (including phenoxy) is 1. The van der Waals surface area contributed by atoms with Crippen molar-refractivity contribution in [2.24, 2.45) is 11.8 Å². The molecule has 0 spiro atoms. The predicted molar refractivity (Wildman–Crippen MR) is 149 cm³/mol. The van der Waals surface area contributed by atoms with E-state index in [1.807, 2.05) is 35.2 Å². The molecule has 2 bridgehead atoms. The third kappa shape index (κ3) is 7.24. The molecule has 1 aromatic carbocycles. The summed E-state index contributed by atoms with van der Waals surface area (Å²) in [7, 11) is 0. The molecule has 1 aromatic heterocycles. The fraction of sp³-hybridized carbons (Fsp3) is 0.500. The molecule has 212 valence electrons. The highest BCUT2D eigenvalue weighted by Crippen LogP contribution is 2.29. The molecule has 1 N–H and O–H groups in total. The van der Waals surface area contributed by atoms with Crippen LogP contribution >= 0.6 is 0 Å². The number of nitrogens with zero attached hydrogens (tertiary/aromatic N) is 5. The lowest BCUT2D eigenvalue weighted by Crippen LogP contribution is -2.48.